The van der Waals surface area contributed by atoms with Crippen LogP contribution >= 0.6 is 0 Å². The van der Waals surface area contributed by atoms with Gasteiger partial charge in [0.2, 0.25) is 5.91 Å². The second-order valence-electron chi connectivity index (χ2n) is 10.3. The lowest BCUT2D eigenvalue weighted by Crippen LogP contribution is -2.46. The summed E-state index contributed by atoms with van der Waals surface area (Å²) < 4.78 is 15.5. The van der Waals surface area contributed by atoms with E-state index in [1.807, 2.05) is 0 Å². The Kier molecular flexibility index (Phi) is 13.3. The van der Waals surface area contributed by atoms with Gasteiger partial charge in [0.15, 0.2) is 0 Å². The highest BCUT2D eigenvalue weighted by Crippen LogP contribution is 2.15. The van der Waals surface area contributed by atoms with E-state index in [-0.39, 0.29) is 49.7 Å². The molecule has 0 fully saturated rings. The Bertz CT molecular complexity index is 777. The van der Waals surface area contributed by atoms with Crippen LogP contribution in [0.25, 0.3) is 0 Å². The van der Waals surface area contributed by atoms with E-state index in [1.54, 1.807) is 48.5 Å². The predicted molar refractivity (Wildman–Crippen MR) is 130 cm³/mol. The molecule has 0 aliphatic heterocycles. The van der Waals surface area contributed by atoms with E-state index in [9.17, 15) is 24.0 Å². The molecule has 0 heterocycles. The number of esters is 2. The van der Waals surface area contributed by atoms with Crippen LogP contribution in [0.3, 0.4) is 0 Å². The molecule has 2 N–H and O–H groups in total. The molecule has 0 bridgehead atoms. The van der Waals surface area contributed by atoms with Gasteiger partial charge in [0, 0.05) is 24.3 Å². The van der Waals surface area contributed by atoms with Gasteiger partial charge in [-0.05, 0) is 61.3 Å². The number of ether oxygens (including phenoxy) is 3. The van der Waals surface area contributed by atoms with Crippen LogP contribution in [0.4, 0.5) is 4.79 Å². The van der Waals surface area contributed by atoms with Crippen LogP contribution < -0.4 is 10.6 Å². The molecule has 0 spiro atoms. The SMILES string of the molecule is C=C(C)C(=O)OCCNC(=O)[C@@H](CC)CC(=O)CC[C@H](NC(=O)OC(C)(C)C)C(=O)OC(C)(C)C. The summed E-state index contributed by atoms with van der Waals surface area (Å²) in [4.78, 5) is 61.1. The van der Waals surface area contributed by atoms with Crippen LogP contribution in [0.15, 0.2) is 12.2 Å². The maximum atomic E-state index is 12.6. The normalized spacial score (nSPS) is 13.1. The molecular formula is C25H42N2O8. The molecule has 0 aliphatic rings. The number of ketones is 1. The number of nitrogens with one attached hydrogen (secondary N) is 2. The first-order chi connectivity index (χ1) is 15.9. The minimum absolute atomic E-state index is 0.00188. The molecule has 0 saturated carbocycles. The van der Waals surface area contributed by atoms with Crippen LogP contribution in [0.2, 0.25) is 0 Å². The third-order valence-corrected chi connectivity index (χ3v) is 4.41. The highest BCUT2D eigenvalue weighted by molar-refractivity contribution is 5.88. The monoisotopic (exact) mass is 498 g/mol. The number of alkyl carbamates (subject to hydrolysis) is 1. The zero-order chi connectivity index (χ0) is 27.4. The van der Waals surface area contributed by atoms with Crippen molar-refractivity contribution in [2.45, 2.75) is 98.3 Å². The van der Waals surface area contributed by atoms with Crippen molar-refractivity contribution in [3.63, 3.8) is 0 Å². The number of Topliss-reactive ketones (excluding diaryl/α,β-unsaturated/α-hetero) is 1. The molecule has 0 saturated heterocycles. The zero-order valence-corrected chi connectivity index (χ0v) is 22.4. The van der Waals surface area contributed by atoms with Gasteiger partial charge in [-0.25, -0.2) is 14.4 Å². The average Bonchev–Trinajstić information content (AvgIpc) is 2.69. The van der Waals surface area contributed by atoms with Gasteiger partial charge in [0.25, 0.3) is 0 Å². The number of amides is 2. The first-order valence-corrected chi connectivity index (χ1v) is 11.8. The number of carbonyl (C=O) groups excluding carboxylic acids is 5. The van der Waals surface area contributed by atoms with Crippen LogP contribution in [0.1, 0.15) is 81.1 Å². The fraction of sp³-hybridized carbons (Fsp3) is 0.720. The lowest BCUT2D eigenvalue weighted by Gasteiger charge is -2.26. The van der Waals surface area contributed by atoms with Gasteiger partial charge in [-0.1, -0.05) is 13.5 Å². The average molecular weight is 499 g/mol. The number of hydrogen-bond acceptors (Lipinski definition) is 8. The Balaban J connectivity index is 4.91. The Labute approximate surface area is 208 Å². The fourth-order valence-corrected chi connectivity index (χ4v) is 2.76. The maximum absolute atomic E-state index is 12.6. The van der Waals surface area contributed by atoms with Gasteiger partial charge in [-0.2, -0.15) is 0 Å². The standard InChI is InChI=1S/C25H42N2O8/c1-10-17(20(29)26-13-14-33-21(30)16(2)3)15-18(28)11-12-19(22(31)34-24(4,5)6)27-23(32)35-25(7,8)9/h17,19H,2,10-15H2,1,3-9H3,(H,26,29)(H,27,32)/t17-,19-/m0/s1. The summed E-state index contributed by atoms with van der Waals surface area (Å²) in [5.74, 6) is -2.35. The second-order valence-corrected chi connectivity index (χ2v) is 10.3. The topological polar surface area (TPSA) is 137 Å². The van der Waals surface area contributed by atoms with Crippen molar-refractivity contribution in [2.75, 3.05) is 13.2 Å². The molecule has 0 rings (SSSR count). The lowest BCUT2D eigenvalue weighted by atomic mass is 9.95. The highest BCUT2D eigenvalue weighted by Gasteiger charge is 2.29. The Morgan fingerprint density at radius 1 is 0.943 bits per heavy atom. The fourth-order valence-electron chi connectivity index (χ4n) is 2.76. The lowest BCUT2D eigenvalue weighted by molar-refractivity contribution is -0.157. The molecule has 200 valence electrons. The minimum Gasteiger partial charge on any atom is -0.460 e. The van der Waals surface area contributed by atoms with Crippen LogP contribution in [0, 0.1) is 5.92 Å². The van der Waals surface area contributed by atoms with Crippen molar-refractivity contribution in [1.29, 1.82) is 0 Å². The quantitative estimate of drug-likeness (QED) is 0.171. The summed E-state index contributed by atoms with van der Waals surface area (Å²) in [5.41, 5.74) is -1.28. The molecule has 35 heavy (non-hydrogen) atoms. The van der Waals surface area contributed by atoms with Gasteiger partial charge in [-0.15, -0.1) is 0 Å². The van der Waals surface area contributed by atoms with E-state index in [4.69, 9.17) is 14.2 Å². The molecule has 10 nitrogen and oxygen atoms in total. The molecule has 10 heteroatoms. The Morgan fingerprint density at radius 3 is 2.00 bits per heavy atom. The van der Waals surface area contributed by atoms with Crippen LogP contribution in [-0.2, 0) is 33.4 Å². The third kappa shape index (κ3) is 15.6. The maximum Gasteiger partial charge on any atom is 0.408 e. The smallest absolute Gasteiger partial charge is 0.408 e. The summed E-state index contributed by atoms with van der Waals surface area (Å²) in [7, 11) is 0. The molecule has 0 aromatic heterocycles. The molecule has 2 atom stereocenters. The number of rotatable bonds is 13. The number of carbonyl (C=O) groups is 5. The van der Waals surface area contributed by atoms with Crippen LogP contribution in [-0.4, -0.2) is 60.1 Å². The van der Waals surface area contributed by atoms with E-state index in [2.05, 4.69) is 17.2 Å². The number of hydrogen-bond donors (Lipinski definition) is 2. The summed E-state index contributed by atoms with van der Waals surface area (Å²) >= 11 is 0. The minimum atomic E-state index is -1.08. The molecule has 0 unspecified atom stereocenters. The Hall–Kier alpha value is -2.91. The summed E-state index contributed by atoms with van der Waals surface area (Å²) in [6.07, 6.45) is -0.434. The zero-order valence-electron chi connectivity index (χ0n) is 22.4. The van der Waals surface area contributed by atoms with Gasteiger partial charge in [0.1, 0.15) is 29.6 Å². The van der Waals surface area contributed by atoms with Crippen molar-refractivity contribution in [3.05, 3.63) is 12.2 Å². The highest BCUT2D eigenvalue weighted by atomic mass is 16.6. The molecule has 0 aliphatic carbocycles. The van der Waals surface area contributed by atoms with E-state index in [0.717, 1.165) is 0 Å². The van der Waals surface area contributed by atoms with Crippen LogP contribution in [0.5, 0.6) is 0 Å². The molecule has 0 radical (unpaired) electrons. The van der Waals surface area contributed by atoms with Crippen molar-refractivity contribution in [2.24, 2.45) is 5.92 Å². The Morgan fingerprint density at radius 2 is 1.51 bits per heavy atom. The first kappa shape index (κ1) is 32.1. The summed E-state index contributed by atoms with van der Waals surface area (Å²) in [6, 6.07) is -1.08. The van der Waals surface area contributed by atoms with Crippen molar-refractivity contribution < 1.29 is 38.2 Å². The van der Waals surface area contributed by atoms with E-state index >= 15 is 0 Å². The third-order valence-electron chi connectivity index (χ3n) is 4.41. The first-order valence-electron chi connectivity index (χ1n) is 11.8. The van der Waals surface area contributed by atoms with E-state index < -0.39 is 41.2 Å². The van der Waals surface area contributed by atoms with E-state index in [1.165, 1.54) is 6.92 Å². The van der Waals surface area contributed by atoms with Crippen molar-refractivity contribution >= 4 is 29.7 Å². The second kappa shape index (κ2) is 14.5. The van der Waals surface area contributed by atoms with Crippen molar-refractivity contribution in [3.8, 4) is 0 Å². The predicted octanol–water partition coefficient (Wildman–Crippen LogP) is 3.22. The van der Waals surface area contributed by atoms with Gasteiger partial charge in [-0.3, -0.25) is 9.59 Å². The molecule has 2 amide bonds. The molecule has 0 aromatic carbocycles. The van der Waals surface area contributed by atoms with E-state index in [0.29, 0.717) is 6.42 Å². The molecular weight excluding hydrogens is 456 g/mol. The van der Waals surface area contributed by atoms with Gasteiger partial charge < -0.3 is 24.8 Å². The summed E-state index contributed by atoms with van der Waals surface area (Å²) in [6.45, 7) is 17.1. The van der Waals surface area contributed by atoms with Gasteiger partial charge >= 0.3 is 18.0 Å². The van der Waals surface area contributed by atoms with Crippen molar-refractivity contribution in [1.82, 2.24) is 10.6 Å². The van der Waals surface area contributed by atoms with Gasteiger partial charge in [0.05, 0.1) is 6.54 Å². The summed E-state index contributed by atoms with van der Waals surface area (Å²) in [5, 5.41) is 5.12. The molecule has 0 aromatic rings. The largest absolute Gasteiger partial charge is 0.460 e.